The monoisotopic (exact) mass is 358 g/mol. The van der Waals surface area contributed by atoms with E-state index in [2.05, 4.69) is 20.5 Å². The van der Waals surface area contributed by atoms with Crippen LogP contribution in [0.25, 0.3) is 0 Å². The van der Waals surface area contributed by atoms with Gasteiger partial charge in [0, 0.05) is 50.2 Å². The third kappa shape index (κ3) is 5.24. The highest BCUT2D eigenvalue weighted by atomic mass is 19.1. The predicted octanol–water partition coefficient (Wildman–Crippen LogP) is 1.89. The zero-order valence-corrected chi connectivity index (χ0v) is 14.6. The number of nitrogens with one attached hydrogen (secondary N) is 2. The summed E-state index contributed by atoms with van der Waals surface area (Å²) in [5.41, 5.74) is 1.63. The van der Waals surface area contributed by atoms with E-state index in [-0.39, 0.29) is 11.7 Å². The van der Waals surface area contributed by atoms with E-state index in [0.717, 1.165) is 38.5 Å². The number of carbonyl (C=O) groups is 1. The number of rotatable bonds is 7. The normalized spacial score (nSPS) is 14.8. The van der Waals surface area contributed by atoms with Crippen molar-refractivity contribution in [3.8, 4) is 0 Å². The lowest BCUT2D eigenvalue weighted by Crippen LogP contribution is -2.41. The lowest BCUT2D eigenvalue weighted by Gasteiger charge is -2.26. The van der Waals surface area contributed by atoms with Crippen molar-refractivity contribution < 1.29 is 13.9 Å². The zero-order valence-electron chi connectivity index (χ0n) is 14.6. The molecule has 0 saturated carbocycles. The van der Waals surface area contributed by atoms with Crippen molar-refractivity contribution in [2.24, 2.45) is 0 Å². The van der Waals surface area contributed by atoms with Gasteiger partial charge in [-0.3, -0.25) is 14.7 Å². The van der Waals surface area contributed by atoms with Crippen molar-refractivity contribution >= 4 is 11.6 Å². The molecule has 6 nitrogen and oxygen atoms in total. The summed E-state index contributed by atoms with van der Waals surface area (Å²) in [6.45, 7) is 4.96. The second-order valence-corrected chi connectivity index (χ2v) is 6.08. The average Bonchev–Trinajstić information content (AvgIpc) is 2.68. The van der Waals surface area contributed by atoms with E-state index in [9.17, 15) is 9.18 Å². The second-order valence-electron chi connectivity index (χ2n) is 6.08. The number of nitrogens with zero attached hydrogens (tertiary/aromatic N) is 2. The standard InChI is InChI=1S/C19H23FN4O2/c20-17-4-2-1-3-15(17)14-23-16-5-6-21-18(13-16)19(25)22-7-8-24-9-11-26-12-10-24/h1-6,13H,7-12,14H2,(H,21,23)(H,22,25). The van der Waals surface area contributed by atoms with Crippen molar-refractivity contribution in [2.75, 3.05) is 44.7 Å². The highest BCUT2D eigenvalue weighted by molar-refractivity contribution is 5.93. The van der Waals surface area contributed by atoms with Crippen LogP contribution < -0.4 is 10.6 Å². The minimum Gasteiger partial charge on any atom is -0.381 e. The molecule has 0 radical (unpaired) electrons. The molecule has 1 aromatic carbocycles. The molecule has 2 aromatic rings. The van der Waals surface area contributed by atoms with E-state index in [1.54, 1.807) is 36.5 Å². The van der Waals surface area contributed by atoms with Gasteiger partial charge in [0.25, 0.3) is 5.91 Å². The maximum absolute atomic E-state index is 13.7. The van der Waals surface area contributed by atoms with Crippen LogP contribution in [-0.4, -0.2) is 55.2 Å². The van der Waals surface area contributed by atoms with Crippen molar-refractivity contribution in [1.29, 1.82) is 0 Å². The Morgan fingerprint density at radius 2 is 2.04 bits per heavy atom. The van der Waals surface area contributed by atoms with Gasteiger partial charge in [0.05, 0.1) is 13.2 Å². The fourth-order valence-electron chi connectivity index (χ4n) is 2.75. The van der Waals surface area contributed by atoms with Crippen LogP contribution in [-0.2, 0) is 11.3 Å². The minimum absolute atomic E-state index is 0.215. The van der Waals surface area contributed by atoms with Crippen LogP contribution in [0.4, 0.5) is 10.1 Å². The maximum atomic E-state index is 13.7. The predicted molar refractivity (Wildman–Crippen MR) is 97.6 cm³/mol. The summed E-state index contributed by atoms with van der Waals surface area (Å²) in [6.07, 6.45) is 1.57. The van der Waals surface area contributed by atoms with Crippen molar-refractivity contribution in [1.82, 2.24) is 15.2 Å². The van der Waals surface area contributed by atoms with Gasteiger partial charge in [-0.05, 0) is 18.2 Å². The third-order valence-electron chi connectivity index (χ3n) is 4.25. The lowest BCUT2D eigenvalue weighted by atomic mass is 10.2. The van der Waals surface area contributed by atoms with E-state index in [0.29, 0.717) is 24.3 Å². The molecule has 0 aliphatic carbocycles. The second kappa shape index (κ2) is 9.26. The molecule has 26 heavy (non-hydrogen) atoms. The van der Waals surface area contributed by atoms with Crippen molar-refractivity contribution in [2.45, 2.75) is 6.54 Å². The van der Waals surface area contributed by atoms with Gasteiger partial charge in [-0.25, -0.2) is 4.39 Å². The first-order valence-electron chi connectivity index (χ1n) is 8.74. The van der Waals surface area contributed by atoms with E-state index in [1.807, 2.05) is 0 Å². The average molecular weight is 358 g/mol. The summed E-state index contributed by atoms with van der Waals surface area (Å²) in [4.78, 5) is 18.6. The summed E-state index contributed by atoms with van der Waals surface area (Å²) in [6, 6.07) is 10.0. The number of morpholine rings is 1. The Balaban J connectivity index is 1.49. The van der Waals surface area contributed by atoms with Crippen LogP contribution in [0.1, 0.15) is 16.1 Å². The van der Waals surface area contributed by atoms with Gasteiger partial charge in [0.15, 0.2) is 0 Å². The molecule has 7 heteroatoms. The first kappa shape index (κ1) is 18.3. The fraction of sp³-hybridized carbons (Fsp3) is 0.368. The van der Waals surface area contributed by atoms with Crippen LogP contribution in [0.3, 0.4) is 0 Å². The summed E-state index contributed by atoms with van der Waals surface area (Å²) < 4.78 is 19.0. The number of carbonyl (C=O) groups excluding carboxylic acids is 1. The largest absolute Gasteiger partial charge is 0.381 e. The molecule has 138 valence electrons. The lowest BCUT2D eigenvalue weighted by molar-refractivity contribution is 0.0383. The Kier molecular flexibility index (Phi) is 6.51. The summed E-state index contributed by atoms with van der Waals surface area (Å²) in [5.74, 6) is -0.470. The number of hydrogen-bond donors (Lipinski definition) is 2. The Bertz CT molecular complexity index is 735. The Hall–Kier alpha value is -2.51. The van der Waals surface area contributed by atoms with Crippen LogP contribution in [0.15, 0.2) is 42.6 Å². The van der Waals surface area contributed by atoms with E-state index in [1.165, 1.54) is 6.07 Å². The van der Waals surface area contributed by atoms with Crippen LogP contribution in [0.5, 0.6) is 0 Å². The Morgan fingerprint density at radius 3 is 2.85 bits per heavy atom. The number of hydrogen-bond acceptors (Lipinski definition) is 5. The summed E-state index contributed by atoms with van der Waals surface area (Å²) in [5, 5.41) is 6.01. The third-order valence-corrected chi connectivity index (χ3v) is 4.25. The topological polar surface area (TPSA) is 66.5 Å². The number of aromatic nitrogens is 1. The maximum Gasteiger partial charge on any atom is 0.269 e. The molecule has 1 amide bonds. The van der Waals surface area contributed by atoms with Gasteiger partial charge >= 0.3 is 0 Å². The smallest absolute Gasteiger partial charge is 0.269 e. The van der Waals surface area contributed by atoms with Gasteiger partial charge < -0.3 is 15.4 Å². The molecular weight excluding hydrogens is 335 g/mol. The first-order chi connectivity index (χ1) is 12.7. The number of halogens is 1. The molecule has 1 aliphatic heterocycles. The summed E-state index contributed by atoms with van der Waals surface area (Å²) >= 11 is 0. The molecule has 0 atom stereocenters. The minimum atomic E-state index is -0.255. The van der Waals surface area contributed by atoms with Gasteiger partial charge in [-0.2, -0.15) is 0 Å². The molecule has 0 unspecified atom stereocenters. The molecule has 1 fully saturated rings. The number of amides is 1. The molecule has 2 N–H and O–H groups in total. The summed E-state index contributed by atoms with van der Waals surface area (Å²) in [7, 11) is 0. The van der Waals surface area contributed by atoms with Crippen molar-refractivity contribution in [3.05, 3.63) is 59.7 Å². The molecule has 3 rings (SSSR count). The van der Waals surface area contributed by atoms with Gasteiger partial charge in [-0.15, -0.1) is 0 Å². The zero-order chi connectivity index (χ0) is 18.2. The number of anilines is 1. The molecule has 0 spiro atoms. The molecule has 1 aromatic heterocycles. The van der Waals surface area contributed by atoms with E-state index >= 15 is 0 Å². The molecule has 0 bridgehead atoms. The van der Waals surface area contributed by atoms with Crippen LogP contribution >= 0.6 is 0 Å². The van der Waals surface area contributed by atoms with E-state index in [4.69, 9.17) is 4.74 Å². The first-order valence-corrected chi connectivity index (χ1v) is 8.74. The molecular formula is C19H23FN4O2. The number of pyridine rings is 1. The van der Waals surface area contributed by atoms with Gasteiger partial charge in [0.2, 0.25) is 0 Å². The molecule has 2 heterocycles. The molecule has 1 aliphatic rings. The quantitative estimate of drug-likeness (QED) is 0.791. The highest BCUT2D eigenvalue weighted by Crippen LogP contribution is 2.12. The fourth-order valence-corrected chi connectivity index (χ4v) is 2.75. The highest BCUT2D eigenvalue weighted by Gasteiger charge is 2.12. The number of ether oxygens (including phenoxy) is 1. The van der Waals surface area contributed by atoms with Crippen molar-refractivity contribution in [3.63, 3.8) is 0 Å². The Morgan fingerprint density at radius 1 is 1.23 bits per heavy atom. The van der Waals surface area contributed by atoms with Crippen LogP contribution in [0.2, 0.25) is 0 Å². The number of benzene rings is 1. The van der Waals surface area contributed by atoms with Gasteiger partial charge in [0.1, 0.15) is 11.5 Å². The SMILES string of the molecule is O=C(NCCN1CCOCC1)c1cc(NCc2ccccc2F)ccn1. The molecule has 1 saturated heterocycles. The van der Waals surface area contributed by atoms with E-state index < -0.39 is 0 Å². The van der Waals surface area contributed by atoms with Gasteiger partial charge in [-0.1, -0.05) is 18.2 Å². The van der Waals surface area contributed by atoms with Crippen LogP contribution in [0, 0.1) is 5.82 Å². The Labute approximate surface area is 152 Å².